The van der Waals surface area contributed by atoms with E-state index in [-0.39, 0.29) is 18.1 Å². The summed E-state index contributed by atoms with van der Waals surface area (Å²) in [7, 11) is 3.44. The highest BCUT2D eigenvalue weighted by Crippen LogP contribution is 2.37. The number of rotatable bonds is 6. The van der Waals surface area contributed by atoms with Gasteiger partial charge < -0.3 is 23.7 Å². The number of nitrogens with zero attached hydrogens (tertiary/aromatic N) is 4. The summed E-state index contributed by atoms with van der Waals surface area (Å²) in [6, 6.07) is 4.30. The molecule has 0 unspecified atom stereocenters. The highest BCUT2D eigenvalue weighted by atomic mass is 16.6. The topological polar surface area (TPSA) is 78.7 Å². The van der Waals surface area contributed by atoms with E-state index in [9.17, 15) is 4.79 Å². The Hall–Kier alpha value is -2.87. The molecule has 1 saturated heterocycles. The summed E-state index contributed by atoms with van der Waals surface area (Å²) >= 11 is 0. The monoisotopic (exact) mass is 482 g/mol. The van der Waals surface area contributed by atoms with E-state index in [4.69, 9.17) is 24.2 Å². The summed E-state index contributed by atoms with van der Waals surface area (Å²) in [4.78, 5) is 24.2. The van der Waals surface area contributed by atoms with Crippen molar-refractivity contribution < 1.29 is 19.0 Å². The normalized spacial score (nSPS) is 16.1. The largest absolute Gasteiger partial charge is 0.496 e. The van der Waals surface area contributed by atoms with E-state index in [1.807, 2.05) is 27.0 Å². The lowest BCUT2D eigenvalue weighted by Crippen LogP contribution is -2.41. The van der Waals surface area contributed by atoms with Gasteiger partial charge in [0, 0.05) is 31.5 Å². The predicted octanol–water partition coefficient (Wildman–Crippen LogP) is 5.48. The van der Waals surface area contributed by atoms with Gasteiger partial charge in [-0.2, -0.15) is 0 Å². The van der Waals surface area contributed by atoms with Crippen molar-refractivity contribution in [1.29, 1.82) is 0 Å². The maximum absolute atomic E-state index is 12.6. The van der Waals surface area contributed by atoms with Crippen LogP contribution in [-0.2, 0) is 15.9 Å². The Morgan fingerprint density at radius 3 is 2.49 bits per heavy atom. The molecule has 0 spiro atoms. The minimum Gasteiger partial charge on any atom is -0.496 e. The predicted molar refractivity (Wildman–Crippen MR) is 137 cm³/mol. The van der Waals surface area contributed by atoms with Gasteiger partial charge in [0.1, 0.15) is 22.7 Å². The van der Waals surface area contributed by atoms with Crippen LogP contribution in [0.2, 0.25) is 0 Å². The molecule has 0 bridgehead atoms. The molecule has 0 aliphatic carbocycles. The first kappa shape index (κ1) is 25.2. The average Bonchev–Trinajstić information content (AvgIpc) is 3.22. The molecule has 4 rings (SSSR count). The van der Waals surface area contributed by atoms with Crippen LogP contribution >= 0.6 is 0 Å². The lowest BCUT2D eigenvalue weighted by Gasteiger charge is -2.33. The van der Waals surface area contributed by atoms with Crippen LogP contribution in [0.1, 0.15) is 70.8 Å². The molecule has 1 aliphatic rings. The van der Waals surface area contributed by atoms with E-state index < -0.39 is 5.60 Å². The van der Waals surface area contributed by atoms with E-state index in [0.717, 1.165) is 58.3 Å². The summed E-state index contributed by atoms with van der Waals surface area (Å²) in [6.07, 6.45) is 4.16. The molecule has 0 saturated carbocycles. The van der Waals surface area contributed by atoms with Crippen molar-refractivity contribution >= 4 is 28.0 Å². The lowest BCUT2D eigenvalue weighted by atomic mass is 9.96. The van der Waals surface area contributed by atoms with Gasteiger partial charge in [0.15, 0.2) is 0 Å². The zero-order chi connectivity index (χ0) is 25.3. The van der Waals surface area contributed by atoms with Gasteiger partial charge in [-0.1, -0.05) is 6.92 Å². The number of carbonyl (C=O) groups excluding carboxylic acids is 1. The third-order valence-corrected chi connectivity index (χ3v) is 6.69. The number of hydrogen-bond donors (Lipinski definition) is 0. The average molecular weight is 483 g/mol. The minimum absolute atomic E-state index is 0.0892. The van der Waals surface area contributed by atoms with Crippen LogP contribution in [0.15, 0.2) is 18.3 Å². The standard InChI is InChI=1S/C27H38N4O4/c1-8-18-13-21-20(14-23(18)34-7)24-22(15-28-21)29-25(31(24)17(2)16-33-6)19-9-11-30(12-10-19)26(32)35-27(3,4)5/h13-15,17,19H,8-12,16H2,1-7H3/t17-/m1/s1. The SMILES string of the molecule is CCc1cc2ncc3nc(C4CCN(C(=O)OC(C)(C)C)CC4)n([C@H](C)COC)c3c2cc1OC. The van der Waals surface area contributed by atoms with Gasteiger partial charge >= 0.3 is 6.09 Å². The van der Waals surface area contributed by atoms with Crippen LogP contribution in [0.3, 0.4) is 0 Å². The summed E-state index contributed by atoms with van der Waals surface area (Å²) in [5.74, 6) is 2.13. The van der Waals surface area contributed by atoms with Crippen molar-refractivity contribution in [1.82, 2.24) is 19.4 Å². The molecule has 0 radical (unpaired) electrons. The van der Waals surface area contributed by atoms with Gasteiger partial charge in [-0.3, -0.25) is 4.98 Å². The first-order chi connectivity index (χ1) is 16.7. The summed E-state index contributed by atoms with van der Waals surface area (Å²) < 4.78 is 19.1. The number of carbonyl (C=O) groups is 1. The Bertz CT molecular complexity index is 1210. The maximum Gasteiger partial charge on any atom is 0.410 e. The van der Waals surface area contributed by atoms with Gasteiger partial charge in [0.25, 0.3) is 0 Å². The fourth-order valence-corrected chi connectivity index (χ4v) is 5.03. The van der Waals surface area contributed by atoms with E-state index in [1.165, 1.54) is 0 Å². The van der Waals surface area contributed by atoms with Crippen LogP contribution in [0.5, 0.6) is 5.75 Å². The van der Waals surface area contributed by atoms with Crippen molar-refractivity contribution in [2.75, 3.05) is 33.9 Å². The number of methoxy groups -OCH3 is 2. The number of aryl methyl sites for hydroxylation is 1. The lowest BCUT2D eigenvalue weighted by molar-refractivity contribution is 0.0202. The number of imidazole rings is 1. The number of likely N-dealkylation sites (tertiary alicyclic amines) is 1. The minimum atomic E-state index is -0.496. The quantitative estimate of drug-likeness (QED) is 0.463. The second-order valence-corrected chi connectivity index (χ2v) is 10.4. The van der Waals surface area contributed by atoms with Crippen LogP contribution in [-0.4, -0.2) is 65.0 Å². The fourth-order valence-electron chi connectivity index (χ4n) is 5.03. The van der Waals surface area contributed by atoms with Gasteiger partial charge in [0.2, 0.25) is 0 Å². The van der Waals surface area contributed by atoms with Crippen molar-refractivity contribution in [2.45, 2.75) is 71.4 Å². The molecule has 1 aliphatic heterocycles. The Balaban J connectivity index is 1.75. The first-order valence-corrected chi connectivity index (χ1v) is 12.5. The molecule has 8 heteroatoms. The molecule has 3 aromatic rings. The zero-order valence-electron chi connectivity index (χ0n) is 22.1. The molecule has 1 fully saturated rings. The van der Waals surface area contributed by atoms with Crippen molar-refractivity contribution in [2.24, 2.45) is 0 Å². The molecule has 0 N–H and O–H groups in total. The zero-order valence-corrected chi connectivity index (χ0v) is 22.1. The Morgan fingerprint density at radius 1 is 1.17 bits per heavy atom. The molecule has 3 heterocycles. The second-order valence-electron chi connectivity index (χ2n) is 10.4. The number of amides is 1. The van der Waals surface area contributed by atoms with E-state index in [0.29, 0.717) is 19.7 Å². The summed E-state index contributed by atoms with van der Waals surface area (Å²) in [5, 5.41) is 1.03. The number of piperidine rings is 1. The van der Waals surface area contributed by atoms with Gasteiger partial charge in [-0.15, -0.1) is 0 Å². The second kappa shape index (κ2) is 10.0. The molecule has 1 atom stereocenters. The molecule has 190 valence electrons. The summed E-state index contributed by atoms with van der Waals surface area (Å²) in [6.45, 7) is 11.8. The highest BCUT2D eigenvalue weighted by Gasteiger charge is 2.31. The smallest absolute Gasteiger partial charge is 0.410 e. The van der Waals surface area contributed by atoms with Gasteiger partial charge in [-0.05, 0) is 64.7 Å². The van der Waals surface area contributed by atoms with E-state index in [2.05, 4.69) is 30.5 Å². The van der Waals surface area contributed by atoms with Crippen molar-refractivity contribution in [3.63, 3.8) is 0 Å². The fraction of sp³-hybridized carbons (Fsp3) is 0.593. The van der Waals surface area contributed by atoms with Crippen LogP contribution in [0, 0.1) is 0 Å². The van der Waals surface area contributed by atoms with Crippen molar-refractivity contribution in [3.8, 4) is 5.75 Å². The number of aromatic nitrogens is 3. The first-order valence-electron chi connectivity index (χ1n) is 12.5. The summed E-state index contributed by atoms with van der Waals surface area (Å²) in [5.41, 5.74) is 3.51. The Labute approximate surface area is 207 Å². The Morgan fingerprint density at radius 2 is 1.89 bits per heavy atom. The van der Waals surface area contributed by atoms with Crippen LogP contribution in [0.4, 0.5) is 4.79 Å². The van der Waals surface area contributed by atoms with Crippen LogP contribution < -0.4 is 4.74 Å². The third-order valence-electron chi connectivity index (χ3n) is 6.69. The van der Waals surface area contributed by atoms with Gasteiger partial charge in [-0.25, -0.2) is 9.78 Å². The van der Waals surface area contributed by atoms with E-state index in [1.54, 1.807) is 19.1 Å². The molecule has 1 aromatic carbocycles. The molecular weight excluding hydrogens is 444 g/mol. The highest BCUT2D eigenvalue weighted by molar-refractivity contribution is 6.03. The number of hydrogen-bond acceptors (Lipinski definition) is 6. The van der Waals surface area contributed by atoms with Crippen LogP contribution in [0.25, 0.3) is 21.9 Å². The third kappa shape index (κ3) is 5.08. The molecular formula is C27H38N4O4. The van der Waals surface area contributed by atoms with Gasteiger partial charge in [0.05, 0.1) is 37.0 Å². The Kier molecular flexibility index (Phi) is 7.22. The number of benzene rings is 1. The number of ether oxygens (including phenoxy) is 3. The molecule has 1 amide bonds. The van der Waals surface area contributed by atoms with Crippen molar-refractivity contribution in [3.05, 3.63) is 29.7 Å². The molecule has 2 aromatic heterocycles. The number of pyridine rings is 1. The molecule has 35 heavy (non-hydrogen) atoms. The maximum atomic E-state index is 12.6. The molecule has 8 nitrogen and oxygen atoms in total. The van der Waals surface area contributed by atoms with E-state index >= 15 is 0 Å². The number of fused-ring (bicyclic) bond motifs is 3.